The maximum absolute atomic E-state index is 14.7. The maximum atomic E-state index is 14.7. The van der Waals surface area contributed by atoms with Crippen LogP contribution < -0.4 is 5.32 Å². The van der Waals surface area contributed by atoms with Crippen molar-refractivity contribution in [3.05, 3.63) is 82.3 Å². The fourth-order valence-corrected chi connectivity index (χ4v) is 4.18. The van der Waals surface area contributed by atoms with Gasteiger partial charge in [-0.2, -0.15) is 0 Å². The molecule has 0 radical (unpaired) electrons. The molecule has 8 heteroatoms. The highest BCUT2D eigenvalue weighted by atomic mass is 35.5. The molecule has 4 aromatic rings. The molecule has 0 spiro atoms. The summed E-state index contributed by atoms with van der Waals surface area (Å²) in [4.78, 5) is 13.2. The van der Waals surface area contributed by atoms with E-state index in [-0.39, 0.29) is 12.4 Å². The summed E-state index contributed by atoms with van der Waals surface area (Å²) in [5.74, 6) is 0.00615. The van der Waals surface area contributed by atoms with Crippen LogP contribution in [-0.2, 0) is 12.0 Å². The molecule has 0 saturated carbocycles. The second-order valence-corrected chi connectivity index (χ2v) is 9.55. The molecular weight excluding hydrogens is 467 g/mol. The minimum absolute atomic E-state index is 0.00380. The van der Waals surface area contributed by atoms with Crippen LogP contribution in [0.5, 0.6) is 0 Å². The molecule has 0 unspecified atom stereocenters. The van der Waals surface area contributed by atoms with Gasteiger partial charge < -0.3 is 15.5 Å². The first-order chi connectivity index (χ1) is 16.6. The Labute approximate surface area is 208 Å². The molecule has 2 heterocycles. The number of anilines is 1. The highest BCUT2D eigenvalue weighted by Gasteiger charge is 2.20. The average Bonchev–Trinajstić information content (AvgIpc) is 2.82. The zero-order valence-electron chi connectivity index (χ0n) is 20.1. The number of rotatable bonds is 7. The van der Waals surface area contributed by atoms with Crippen LogP contribution in [-0.4, -0.2) is 31.8 Å². The van der Waals surface area contributed by atoms with Crippen LogP contribution >= 0.6 is 11.6 Å². The van der Waals surface area contributed by atoms with Gasteiger partial charge in [0.1, 0.15) is 11.4 Å². The predicted octanol–water partition coefficient (Wildman–Crippen LogP) is 5.73. The Morgan fingerprint density at radius 3 is 2.46 bits per heavy atom. The van der Waals surface area contributed by atoms with Gasteiger partial charge in [-0.1, -0.05) is 29.8 Å². The molecule has 0 aliphatic rings. The Balaban J connectivity index is 1.76. The molecule has 0 bridgehead atoms. The monoisotopic (exact) mass is 494 g/mol. The Morgan fingerprint density at radius 2 is 1.80 bits per heavy atom. The summed E-state index contributed by atoms with van der Waals surface area (Å²) in [6.07, 6.45) is 3.79. The van der Waals surface area contributed by atoms with E-state index in [9.17, 15) is 14.6 Å². The van der Waals surface area contributed by atoms with Gasteiger partial charge in [0.05, 0.1) is 28.0 Å². The number of aliphatic hydroxyl groups excluding tert-OH is 1. The van der Waals surface area contributed by atoms with Crippen molar-refractivity contribution in [2.24, 2.45) is 0 Å². The van der Waals surface area contributed by atoms with Crippen LogP contribution in [0.1, 0.15) is 49.5 Å². The highest BCUT2D eigenvalue weighted by molar-refractivity contribution is 6.35. The van der Waals surface area contributed by atoms with Crippen LogP contribution in [0.2, 0.25) is 5.02 Å². The van der Waals surface area contributed by atoms with Gasteiger partial charge in [0, 0.05) is 35.5 Å². The quantitative estimate of drug-likeness (QED) is 0.304. The number of pyridine rings is 1. The second-order valence-electron chi connectivity index (χ2n) is 9.17. The third-order valence-electron chi connectivity index (χ3n) is 5.91. The first-order valence-electron chi connectivity index (χ1n) is 11.4. The molecule has 2 aromatic heterocycles. The third kappa shape index (κ3) is 5.27. The van der Waals surface area contributed by atoms with Crippen LogP contribution in [0.3, 0.4) is 0 Å². The maximum Gasteiger partial charge on any atom is 0.159 e. The number of aromatic nitrogens is 3. The molecular formula is C27H28ClFN4O2. The molecule has 35 heavy (non-hydrogen) atoms. The van der Waals surface area contributed by atoms with E-state index in [0.29, 0.717) is 34.2 Å². The van der Waals surface area contributed by atoms with Crippen molar-refractivity contribution in [3.63, 3.8) is 0 Å². The zero-order chi connectivity index (χ0) is 25.3. The Bertz CT molecular complexity index is 1370. The smallest absolute Gasteiger partial charge is 0.159 e. The van der Waals surface area contributed by atoms with Gasteiger partial charge in [-0.3, -0.25) is 4.98 Å². The number of aryl methyl sites for hydroxylation is 1. The number of aliphatic hydroxyl groups is 2. The number of benzene rings is 2. The minimum atomic E-state index is -1.13. The summed E-state index contributed by atoms with van der Waals surface area (Å²) in [6, 6.07) is 10.2. The van der Waals surface area contributed by atoms with Gasteiger partial charge in [-0.25, -0.2) is 14.4 Å². The fraction of sp³-hybridized carbons (Fsp3) is 0.296. The molecule has 0 amide bonds. The van der Waals surface area contributed by atoms with Crippen molar-refractivity contribution >= 4 is 28.2 Å². The van der Waals surface area contributed by atoms with Crippen molar-refractivity contribution in [2.75, 3.05) is 11.9 Å². The van der Waals surface area contributed by atoms with Gasteiger partial charge in [-0.15, -0.1) is 0 Å². The largest absolute Gasteiger partial charge is 0.396 e. The van der Waals surface area contributed by atoms with Crippen LogP contribution in [0.25, 0.3) is 22.0 Å². The van der Waals surface area contributed by atoms with Crippen molar-refractivity contribution < 1.29 is 14.6 Å². The van der Waals surface area contributed by atoms with E-state index in [2.05, 4.69) is 20.3 Å². The SMILES string of the molecule is Cc1nc2ccc(-c3cnc(C(C)(C)O)nc3)cc2c(N[C@H](C)c2cc(CCO)ccc2F)c1Cl. The second kappa shape index (κ2) is 9.85. The van der Waals surface area contributed by atoms with Crippen molar-refractivity contribution in [3.8, 4) is 11.1 Å². The van der Waals surface area contributed by atoms with Gasteiger partial charge in [-0.05, 0) is 63.4 Å². The summed E-state index contributed by atoms with van der Waals surface area (Å²) in [7, 11) is 0. The molecule has 1 atom stereocenters. The van der Waals surface area contributed by atoms with E-state index in [1.165, 1.54) is 6.07 Å². The predicted molar refractivity (Wildman–Crippen MR) is 137 cm³/mol. The standard InChI is InChI=1S/C27H28ClFN4O2/c1-15(20-11-17(9-10-34)5-7-22(20)29)33-25-21-12-18(6-8-23(21)32-16(2)24(25)28)19-13-30-26(31-14-19)27(3,4)35/h5-8,11-15,34-35H,9-10H2,1-4H3,(H,32,33)/t15-/m1/s1. The number of fused-ring (bicyclic) bond motifs is 1. The fourth-order valence-electron chi connectivity index (χ4n) is 3.98. The number of halogens is 2. The van der Waals surface area contributed by atoms with Crippen molar-refractivity contribution in [2.45, 2.75) is 45.8 Å². The highest BCUT2D eigenvalue weighted by Crippen LogP contribution is 2.37. The van der Waals surface area contributed by atoms with Crippen molar-refractivity contribution in [1.29, 1.82) is 0 Å². The Morgan fingerprint density at radius 1 is 1.09 bits per heavy atom. The van der Waals surface area contributed by atoms with Crippen LogP contribution in [0.4, 0.5) is 10.1 Å². The van der Waals surface area contributed by atoms with E-state index in [4.69, 9.17) is 11.6 Å². The minimum Gasteiger partial charge on any atom is -0.396 e. The Kier molecular flexibility index (Phi) is 7.03. The molecule has 182 valence electrons. The normalized spacial score (nSPS) is 12.7. The summed E-state index contributed by atoms with van der Waals surface area (Å²) < 4.78 is 14.7. The molecule has 0 fully saturated rings. The van der Waals surface area contributed by atoms with Gasteiger partial charge in [0.15, 0.2) is 5.82 Å². The first-order valence-corrected chi connectivity index (χ1v) is 11.8. The van der Waals surface area contributed by atoms with Gasteiger partial charge >= 0.3 is 0 Å². The third-order valence-corrected chi connectivity index (χ3v) is 6.37. The molecule has 6 nitrogen and oxygen atoms in total. The number of nitrogens with one attached hydrogen (secondary N) is 1. The molecule has 4 rings (SSSR count). The lowest BCUT2D eigenvalue weighted by Gasteiger charge is -2.21. The first kappa shape index (κ1) is 25.0. The van der Waals surface area contributed by atoms with Gasteiger partial charge in [0.25, 0.3) is 0 Å². The molecule has 0 aliphatic heterocycles. The summed E-state index contributed by atoms with van der Waals surface area (Å²) >= 11 is 6.69. The topological polar surface area (TPSA) is 91.2 Å². The summed E-state index contributed by atoms with van der Waals surface area (Å²) in [5, 5.41) is 24.0. The van der Waals surface area contributed by atoms with Crippen LogP contribution in [0.15, 0.2) is 48.8 Å². The molecule has 0 saturated heterocycles. The van der Waals surface area contributed by atoms with Gasteiger partial charge in [0.2, 0.25) is 0 Å². The van der Waals surface area contributed by atoms with Crippen molar-refractivity contribution in [1.82, 2.24) is 15.0 Å². The number of hydrogen-bond acceptors (Lipinski definition) is 6. The summed E-state index contributed by atoms with van der Waals surface area (Å²) in [6.45, 7) is 6.96. The van der Waals surface area contributed by atoms with E-state index in [0.717, 1.165) is 27.6 Å². The lowest BCUT2D eigenvalue weighted by atomic mass is 10.0. The zero-order valence-corrected chi connectivity index (χ0v) is 20.9. The number of nitrogens with zero attached hydrogens (tertiary/aromatic N) is 3. The number of hydrogen-bond donors (Lipinski definition) is 3. The lowest BCUT2D eigenvalue weighted by molar-refractivity contribution is 0.0687. The molecule has 3 N–H and O–H groups in total. The average molecular weight is 495 g/mol. The Hall–Kier alpha value is -3.13. The van der Waals surface area contributed by atoms with E-state index < -0.39 is 11.6 Å². The van der Waals surface area contributed by atoms with E-state index in [1.807, 2.05) is 32.0 Å². The summed E-state index contributed by atoms with van der Waals surface area (Å²) in [5.41, 5.74) is 3.91. The lowest BCUT2D eigenvalue weighted by Crippen LogP contribution is -2.19. The molecule has 0 aliphatic carbocycles. The van der Waals surface area contributed by atoms with Crippen LogP contribution in [0, 0.1) is 12.7 Å². The van der Waals surface area contributed by atoms with E-state index in [1.54, 1.807) is 38.4 Å². The molecule has 2 aromatic carbocycles. The van der Waals surface area contributed by atoms with E-state index >= 15 is 0 Å².